The number of carboxylic acid groups (broad SMARTS) is 1. The zero-order chi connectivity index (χ0) is 17.6. The summed E-state index contributed by atoms with van der Waals surface area (Å²) in [6.07, 6.45) is 3.36. The highest BCUT2D eigenvalue weighted by Crippen LogP contribution is 2.17. The monoisotopic (exact) mass is 374 g/mol. The van der Waals surface area contributed by atoms with Gasteiger partial charge in [0.1, 0.15) is 0 Å². The minimum atomic E-state index is -3.55. The number of likely N-dealkylation sites (tertiary alicyclic amines) is 1. The molecule has 1 atom stereocenters. The minimum absolute atomic E-state index is 0.126. The number of unbranched alkanes of at least 4 members (excludes halogenated alkanes) is 1. The van der Waals surface area contributed by atoms with Crippen molar-refractivity contribution in [3.8, 4) is 0 Å². The first-order valence-electron chi connectivity index (χ1n) is 8.09. The van der Waals surface area contributed by atoms with E-state index >= 15 is 0 Å². The third-order valence-electron chi connectivity index (χ3n) is 4.07. The SMILES string of the molecule is O=C(O)CCCCN1CCCC(NS(=O)(=O)c2ccc(Cl)cc2)C1. The van der Waals surface area contributed by atoms with E-state index in [0.29, 0.717) is 18.0 Å². The molecule has 2 N–H and O–H groups in total. The van der Waals surface area contributed by atoms with Crippen molar-refractivity contribution in [1.82, 2.24) is 9.62 Å². The van der Waals surface area contributed by atoms with E-state index in [1.807, 2.05) is 0 Å². The van der Waals surface area contributed by atoms with Gasteiger partial charge in [-0.15, -0.1) is 0 Å². The molecule has 1 unspecified atom stereocenters. The second-order valence-corrected chi connectivity index (χ2v) is 8.22. The molecule has 1 aromatic carbocycles. The Morgan fingerprint density at radius 2 is 2.00 bits per heavy atom. The molecule has 0 bridgehead atoms. The predicted octanol–water partition coefficient (Wildman–Crippen LogP) is 2.34. The van der Waals surface area contributed by atoms with E-state index in [1.165, 1.54) is 12.1 Å². The molecule has 1 aliphatic heterocycles. The van der Waals surface area contributed by atoms with Crippen molar-refractivity contribution in [2.24, 2.45) is 0 Å². The standard InChI is InChI=1S/C16H23ClN2O4S/c17-13-6-8-15(9-7-13)24(22,23)18-14-4-3-11-19(12-14)10-2-1-5-16(20)21/h6-9,14,18H,1-5,10-12H2,(H,20,21). The maximum atomic E-state index is 12.4. The van der Waals surface area contributed by atoms with Crippen LogP contribution >= 0.6 is 11.6 Å². The van der Waals surface area contributed by atoms with Crippen LogP contribution < -0.4 is 4.72 Å². The highest BCUT2D eigenvalue weighted by molar-refractivity contribution is 7.89. The number of hydrogen-bond donors (Lipinski definition) is 2. The van der Waals surface area contributed by atoms with E-state index < -0.39 is 16.0 Å². The molecule has 0 aromatic heterocycles. The molecule has 0 radical (unpaired) electrons. The molecule has 8 heteroatoms. The quantitative estimate of drug-likeness (QED) is 0.682. The van der Waals surface area contributed by atoms with Gasteiger partial charge in [-0.2, -0.15) is 0 Å². The number of halogens is 1. The maximum absolute atomic E-state index is 12.4. The Morgan fingerprint density at radius 1 is 1.29 bits per heavy atom. The lowest BCUT2D eigenvalue weighted by molar-refractivity contribution is -0.137. The fourth-order valence-corrected chi connectivity index (χ4v) is 4.26. The second-order valence-electron chi connectivity index (χ2n) is 6.07. The molecule has 24 heavy (non-hydrogen) atoms. The van der Waals surface area contributed by atoms with Crippen LogP contribution in [0.2, 0.25) is 5.02 Å². The number of nitrogens with one attached hydrogen (secondary N) is 1. The molecule has 0 saturated carbocycles. The highest BCUT2D eigenvalue weighted by atomic mass is 35.5. The van der Waals surface area contributed by atoms with Gasteiger partial charge in [0.05, 0.1) is 4.90 Å². The minimum Gasteiger partial charge on any atom is -0.481 e. The summed E-state index contributed by atoms with van der Waals surface area (Å²) < 4.78 is 27.6. The number of benzene rings is 1. The van der Waals surface area contributed by atoms with Gasteiger partial charge >= 0.3 is 5.97 Å². The van der Waals surface area contributed by atoms with Gasteiger partial charge in [-0.05, 0) is 63.0 Å². The molecule has 1 aliphatic rings. The van der Waals surface area contributed by atoms with Gasteiger partial charge in [-0.25, -0.2) is 13.1 Å². The van der Waals surface area contributed by atoms with Crippen LogP contribution in [0.5, 0.6) is 0 Å². The summed E-state index contributed by atoms with van der Waals surface area (Å²) in [4.78, 5) is 12.9. The van der Waals surface area contributed by atoms with Crippen molar-refractivity contribution in [2.75, 3.05) is 19.6 Å². The fourth-order valence-electron chi connectivity index (χ4n) is 2.87. The van der Waals surface area contributed by atoms with Crippen LogP contribution in [-0.2, 0) is 14.8 Å². The van der Waals surface area contributed by atoms with E-state index in [0.717, 1.165) is 32.4 Å². The molecule has 0 amide bonds. The summed E-state index contributed by atoms with van der Waals surface area (Å²) >= 11 is 5.79. The third-order valence-corrected chi connectivity index (χ3v) is 5.85. The van der Waals surface area contributed by atoms with Crippen molar-refractivity contribution in [1.29, 1.82) is 0 Å². The largest absolute Gasteiger partial charge is 0.481 e. The lowest BCUT2D eigenvalue weighted by atomic mass is 10.1. The maximum Gasteiger partial charge on any atom is 0.303 e. The summed E-state index contributed by atoms with van der Waals surface area (Å²) in [5, 5.41) is 9.15. The smallest absolute Gasteiger partial charge is 0.303 e. The summed E-state index contributed by atoms with van der Waals surface area (Å²) in [5.74, 6) is -0.776. The fraction of sp³-hybridized carbons (Fsp3) is 0.562. The average molecular weight is 375 g/mol. The Morgan fingerprint density at radius 3 is 2.67 bits per heavy atom. The van der Waals surface area contributed by atoms with Gasteiger partial charge in [0.2, 0.25) is 10.0 Å². The summed E-state index contributed by atoms with van der Waals surface area (Å²) in [6, 6.07) is 5.99. The van der Waals surface area contributed by atoms with Crippen molar-refractivity contribution >= 4 is 27.6 Å². The van der Waals surface area contributed by atoms with Crippen molar-refractivity contribution in [3.63, 3.8) is 0 Å². The molecule has 1 heterocycles. The van der Waals surface area contributed by atoms with Crippen LogP contribution in [0.3, 0.4) is 0 Å². The van der Waals surface area contributed by atoms with Crippen LogP contribution in [0.1, 0.15) is 32.1 Å². The van der Waals surface area contributed by atoms with E-state index in [1.54, 1.807) is 12.1 Å². The highest BCUT2D eigenvalue weighted by Gasteiger charge is 2.25. The Kier molecular flexibility index (Phi) is 7.03. The van der Waals surface area contributed by atoms with Gasteiger partial charge in [0, 0.05) is 24.0 Å². The first kappa shape index (κ1) is 19.2. The topological polar surface area (TPSA) is 86.7 Å². The normalized spacial score (nSPS) is 19.3. The number of hydrogen-bond acceptors (Lipinski definition) is 4. The van der Waals surface area contributed by atoms with E-state index in [4.69, 9.17) is 16.7 Å². The number of sulfonamides is 1. The Balaban J connectivity index is 1.85. The molecule has 0 spiro atoms. The van der Waals surface area contributed by atoms with E-state index in [9.17, 15) is 13.2 Å². The van der Waals surface area contributed by atoms with Crippen molar-refractivity contribution in [2.45, 2.75) is 43.0 Å². The third kappa shape index (κ3) is 6.05. The zero-order valence-corrected chi connectivity index (χ0v) is 15.0. The predicted molar refractivity (Wildman–Crippen MR) is 92.7 cm³/mol. The first-order chi connectivity index (χ1) is 11.4. The van der Waals surface area contributed by atoms with Crippen molar-refractivity contribution < 1.29 is 18.3 Å². The number of carboxylic acids is 1. The molecule has 1 saturated heterocycles. The summed E-state index contributed by atoms with van der Waals surface area (Å²) in [5.41, 5.74) is 0. The molecule has 2 rings (SSSR count). The summed E-state index contributed by atoms with van der Waals surface area (Å²) in [7, 11) is -3.55. The molecule has 0 aliphatic carbocycles. The molecule has 6 nitrogen and oxygen atoms in total. The Bertz CT molecular complexity index is 649. The van der Waals surface area contributed by atoms with Gasteiger partial charge in [0.15, 0.2) is 0 Å². The number of carbonyl (C=O) groups is 1. The van der Waals surface area contributed by atoms with E-state index in [2.05, 4.69) is 9.62 Å². The van der Waals surface area contributed by atoms with E-state index in [-0.39, 0.29) is 17.4 Å². The second kappa shape index (κ2) is 8.80. The Labute approximate surface area is 147 Å². The molecule has 134 valence electrons. The van der Waals surface area contributed by atoms with Crippen LogP contribution in [-0.4, -0.2) is 50.1 Å². The van der Waals surface area contributed by atoms with Gasteiger partial charge < -0.3 is 10.0 Å². The average Bonchev–Trinajstić information content (AvgIpc) is 2.52. The van der Waals surface area contributed by atoms with Crippen molar-refractivity contribution in [3.05, 3.63) is 29.3 Å². The molecule has 1 aromatic rings. The van der Waals surface area contributed by atoms with Gasteiger partial charge in [-0.3, -0.25) is 4.79 Å². The van der Waals surface area contributed by atoms with Gasteiger partial charge in [0.25, 0.3) is 0 Å². The summed E-state index contributed by atoms with van der Waals surface area (Å²) in [6.45, 7) is 2.37. The zero-order valence-electron chi connectivity index (χ0n) is 13.4. The number of rotatable bonds is 8. The lowest BCUT2D eigenvalue weighted by Gasteiger charge is -2.33. The molecule has 1 fully saturated rings. The number of piperidine rings is 1. The van der Waals surface area contributed by atoms with Crippen LogP contribution in [0.15, 0.2) is 29.2 Å². The lowest BCUT2D eigenvalue weighted by Crippen LogP contribution is -2.47. The Hall–Kier alpha value is -1.15. The van der Waals surface area contributed by atoms with Crippen LogP contribution in [0, 0.1) is 0 Å². The first-order valence-corrected chi connectivity index (χ1v) is 9.95. The number of nitrogens with zero attached hydrogens (tertiary/aromatic N) is 1. The van der Waals surface area contributed by atoms with Crippen LogP contribution in [0.25, 0.3) is 0 Å². The molecular formula is C16H23ClN2O4S. The number of aliphatic carboxylic acids is 1. The van der Waals surface area contributed by atoms with Crippen LogP contribution in [0.4, 0.5) is 0 Å². The van der Waals surface area contributed by atoms with Gasteiger partial charge in [-0.1, -0.05) is 11.6 Å². The molecular weight excluding hydrogens is 352 g/mol.